The third-order valence-corrected chi connectivity index (χ3v) is 3.96. The molecular weight excluding hydrogens is 286 g/mol. The first-order valence-corrected chi connectivity index (χ1v) is 7.92. The monoisotopic (exact) mass is 309 g/mol. The van der Waals surface area contributed by atoms with E-state index in [2.05, 4.69) is 29.0 Å². The molecule has 1 aromatic rings. The summed E-state index contributed by atoms with van der Waals surface area (Å²) in [5, 5.41) is 3.76. The second-order valence-electron chi connectivity index (χ2n) is 5.91. The lowest BCUT2D eigenvalue weighted by Gasteiger charge is -2.36. The molecule has 0 bridgehead atoms. The maximum absolute atomic E-state index is 11.8. The molecule has 0 aromatic heterocycles. The van der Waals surface area contributed by atoms with Gasteiger partial charge in [-0.3, -0.25) is 9.69 Å². The minimum absolute atomic E-state index is 0.120. The molecule has 1 amide bonds. The van der Waals surface area contributed by atoms with Crippen LogP contribution in [0.25, 0.3) is 0 Å². The number of nitrogens with one attached hydrogen (secondary N) is 1. The van der Waals surface area contributed by atoms with Crippen LogP contribution in [0.4, 0.5) is 5.69 Å². The summed E-state index contributed by atoms with van der Waals surface area (Å²) in [6.45, 7) is 9.02. The first kappa shape index (κ1) is 16.1. The second-order valence-corrected chi connectivity index (χ2v) is 6.32. The minimum Gasteiger partial charge on any atom is -0.368 e. The molecule has 1 N–H and O–H groups in total. The van der Waals surface area contributed by atoms with E-state index in [9.17, 15) is 4.79 Å². The summed E-state index contributed by atoms with van der Waals surface area (Å²) in [6.07, 6.45) is 0. The van der Waals surface area contributed by atoms with E-state index in [-0.39, 0.29) is 5.91 Å². The highest BCUT2D eigenvalue weighted by Crippen LogP contribution is 2.25. The quantitative estimate of drug-likeness (QED) is 0.906. The molecule has 2 rings (SSSR count). The number of carbonyl (C=O) groups is 1. The van der Waals surface area contributed by atoms with E-state index in [4.69, 9.17) is 11.6 Å². The number of carbonyl (C=O) groups excluding carboxylic acids is 1. The van der Waals surface area contributed by atoms with Gasteiger partial charge < -0.3 is 10.2 Å². The van der Waals surface area contributed by atoms with Crippen molar-refractivity contribution >= 4 is 23.2 Å². The average molecular weight is 310 g/mol. The van der Waals surface area contributed by atoms with Gasteiger partial charge in [0, 0.05) is 32.7 Å². The van der Waals surface area contributed by atoms with Crippen LogP contribution in [0.3, 0.4) is 0 Å². The zero-order valence-electron chi connectivity index (χ0n) is 12.8. The van der Waals surface area contributed by atoms with Crippen molar-refractivity contribution in [2.24, 2.45) is 5.92 Å². The van der Waals surface area contributed by atoms with Crippen molar-refractivity contribution in [2.45, 2.75) is 13.8 Å². The van der Waals surface area contributed by atoms with Gasteiger partial charge in [0.15, 0.2) is 0 Å². The van der Waals surface area contributed by atoms with Crippen molar-refractivity contribution in [3.8, 4) is 0 Å². The smallest absolute Gasteiger partial charge is 0.234 e. The molecule has 1 aliphatic rings. The fraction of sp³-hybridized carbons (Fsp3) is 0.562. The van der Waals surface area contributed by atoms with Gasteiger partial charge in [-0.2, -0.15) is 0 Å². The first-order valence-electron chi connectivity index (χ1n) is 7.55. The molecule has 0 spiro atoms. The van der Waals surface area contributed by atoms with Crippen molar-refractivity contribution in [3.63, 3.8) is 0 Å². The van der Waals surface area contributed by atoms with Crippen LogP contribution in [-0.4, -0.2) is 50.1 Å². The van der Waals surface area contributed by atoms with Crippen LogP contribution in [0.1, 0.15) is 13.8 Å². The zero-order chi connectivity index (χ0) is 15.2. The van der Waals surface area contributed by atoms with Crippen LogP contribution in [0.2, 0.25) is 5.02 Å². The lowest BCUT2D eigenvalue weighted by atomic mass is 10.2. The molecule has 1 aliphatic heterocycles. The predicted octanol–water partition coefficient (Wildman–Crippen LogP) is 2.23. The molecule has 1 saturated heterocycles. The van der Waals surface area contributed by atoms with Gasteiger partial charge in [0.05, 0.1) is 17.3 Å². The number of benzene rings is 1. The molecule has 116 valence electrons. The molecule has 1 heterocycles. The van der Waals surface area contributed by atoms with Crippen molar-refractivity contribution < 1.29 is 4.79 Å². The molecular formula is C16H24ClN3O. The number of anilines is 1. The van der Waals surface area contributed by atoms with Gasteiger partial charge in [0.25, 0.3) is 0 Å². The third kappa shape index (κ3) is 4.90. The molecule has 0 unspecified atom stereocenters. The zero-order valence-corrected chi connectivity index (χ0v) is 13.6. The van der Waals surface area contributed by atoms with Crippen LogP contribution < -0.4 is 10.2 Å². The highest BCUT2D eigenvalue weighted by molar-refractivity contribution is 6.33. The largest absolute Gasteiger partial charge is 0.368 e. The summed E-state index contributed by atoms with van der Waals surface area (Å²) >= 11 is 6.23. The lowest BCUT2D eigenvalue weighted by molar-refractivity contribution is -0.122. The second kappa shape index (κ2) is 7.66. The summed E-state index contributed by atoms with van der Waals surface area (Å²) in [7, 11) is 0. The Hall–Kier alpha value is -1.26. The molecule has 0 aliphatic carbocycles. The predicted molar refractivity (Wildman–Crippen MR) is 88.0 cm³/mol. The number of amides is 1. The molecule has 0 radical (unpaired) electrons. The number of rotatable bonds is 5. The van der Waals surface area contributed by atoms with Gasteiger partial charge in [-0.1, -0.05) is 37.6 Å². The van der Waals surface area contributed by atoms with Gasteiger partial charge in [-0.05, 0) is 18.1 Å². The van der Waals surface area contributed by atoms with Crippen LogP contribution in [-0.2, 0) is 4.79 Å². The summed E-state index contributed by atoms with van der Waals surface area (Å²) in [5.74, 6) is 0.612. The molecule has 1 fully saturated rings. The fourth-order valence-corrected chi connectivity index (χ4v) is 2.69. The molecule has 5 heteroatoms. The topological polar surface area (TPSA) is 35.6 Å². The average Bonchev–Trinajstić information content (AvgIpc) is 2.47. The molecule has 0 saturated carbocycles. The van der Waals surface area contributed by atoms with E-state index in [1.807, 2.05) is 24.3 Å². The van der Waals surface area contributed by atoms with Crippen LogP contribution in [0.5, 0.6) is 0 Å². The Kier molecular flexibility index (Phi) is 5.88. The minimum atomic E-state index is 0.120. The number of nitrogens with zero attached hydrogens (tertiary/aromatic N) is 2. The first-order chi connectivity index (χ1) is 10.1. The van der Waals surface area contributed by atoms with Gasteiger partial charge >= 0.3 is 0 Å². The van der Waals surface area contributed by atoms with Gasteiger partial charge in [-0.15, -0.1) is 0 Å². The number of halogens is 1. The Bertz CT molecular complexity index is 470. The molecule has 21 heavy (non-hydrogen) atoms. The Morgan fingerprint density at radius 2 is 1.90 bits per heavy atom. The van der Waals surface area contributed by atoms with E-state index < -0.39 is 0 Å². The van der Waals surface area contributed by atoms with Crippen LogP contribution in [0, 0.1) is 5.92 Å². The molecule has 4 nitrogen and oxygen atoms in total. The van der Waals surface area contributed by atoms with Gasteiger partial charge in [-0.25, -0.2) is 0 Å². The molecule has 0 atom stereocenters. The number of piperazine rings is 1. The summed E-state index contributed by atoms with van der Waals surface area (Å²) in [5.41, 5.74) is 1.09. The standard InChI is InChI=1S/C16H24ClN3O/c1-13(2)11-18-16(21)12-19-7-9-20(10-8-19)15-6-4-3-5-14(15)17/h3-6,13H,7-12H2,1-2H3,(H,18,21). The lowest BCUT2D eigenvalue weighted by Crippen LogP contribution is -2.49. The highest BCUT2D eigenvalue weighted by Gasteiger charge is 2.20. The number of para-hydroxylation sites is 1. The highest BCUT2D eigenvalue weighted by atomic mass is 35.5. The van der Waals surface area contributed by atoms with Crippen molar-refractivity contribution in [1.82, 2.24) is 10.2 Å². The maximum Gasteiger partial charge on any atom is 0.234 e. The van der Waals surface area contributed by atoms with Crippen molar-refractivity contribution in [3.05, 3.63) is 29.3 Å². The van der Waals surface area contributed by atoms with Crippen LogP contribution >= 0.6 is 11.6 Å². The normalized spacial score (nSPS) is 16.3. The Morgan fingerprint density at radius 1 is 1.24 bits per heavy atom. The van der Waals surface area contributed by atoms with Crippen molar-refractivity contribution in [1.29, 1.82) is 0 Å². The Morgan fingerprint density at radius 3 is 2.52 bits per heavy atom. The summed E-state index contributed by atoms with van der Waals surface area (Å²) < 4.78 is 0. The van der Waals surface area contributed by atoms with E-state index in [1.54, 1.807) is 0 Å². The summed E-state index contributed by atoms with van der Waals surface area (Å²) in [4.78, 5) is 16.3. The SMILES string of the molecule is CC(C)CNC(=O)CN1CCN(c2ccccc2Cl)CC1. The van der Waals surface area contributed by atoms with Gasteiger partial charge in [0.1, 0.15) is 0 Å². The van der Waals surface area contributed by atoms with Gasteiger partial charge in [0.2, 0.25) is 5.91 Å². The van der Waals surface area contributed by atoms with E-state index in [0.29, 0.717) is 12.5 Å². The summed E-state index contributed by atoms with van der Waals surface area (Å²) in [6, 6.07) is 7.92. The van der Waals surface area contributed by atoms with E-state index in [1.165, 1.54) is 0 Å². The third-order valence-electron chi connectivity index (χ3n) is 3.64. The van der Waals surface area contributed by atoms with Crippen molar-refractivity contribution in [2.75, 3.05) is 44.2 Å². The maximum atomic E-state index is 11.8. The number of hydrogen-bond donors (Lipinski definition) is 1. The molecule has 1 aromatic carbocycles. The fourth-order valence-electron chi connectivity index (χ4n) is 2.43. The Labute approximate surface area is 132 Å². The Balaban J connectivity index is 1.78. The number of hydrogen-bond acceptors (Lipinski definition) is 3. The van der Waals surface area contributed by atoms with E-state index in [0.717, 1.165) is 43.4 Å². The van der Waals surface area contributed by atoms with Crippen LogP contribution in [0.15, 0.2) is 24.3 Å². The van der Waals surface area contributed by atoms with E-state index >= 15 is 0 Å².